The van der Waals surface area contributed by atoms with Gasteiger partial charge in [0.25, 0.3) is 0 Å². The average molecular weight is 227 g/mol. The third-order valence-electron chi connectivity index (χ3n) is 3.69. The molecule has 2 atom stereocenters. The van der Waals surface area contributed by atoms with Crippen molar-refractivity contribution >= 4 is 0 Å². The molecule has 0 aromatic heterocycles. The molecular formula is C13H29N3. The highest BCUT2D eigenvalue weighted by molar-refractivity contribution is 4.83. The Morgan fingerprint density at radius 3 is 2.56 bits per heavy atom. The van der Waals surface area contributed by atoms with Crippen molar-refractivity contribution in [1.82, 2.24) is 9.80 Å². The first-order valence-corrected chi connectivity index (χ1v) is 6.65. The second kappa shape index (κ2) is 6.58. The third kappa shape index (κ3) is 4.04. The van der Waals surface area contributed by atoms with Gasteiger partial charge in [-0.3, -0.25) is 4.90 Å². The number of nitrogens with zero attached hydrogens (tertiary/aromatic N) is 2. The Labute approximate surface area is 101 Å². The smallest absolute Gasteiger partial charge is 0.0221 e. The van der Waals surface area contributed by atoms with Crippen LogP contribution in [0.5, 0.6) is 0 Å². The van der Waals surface area contributed by atoms with Gasteiger partial charge in [-0.05, 0) is 45.8 Å². The maximum absolute atomic E-state index is 5.92. The van der Waals surface area contributed by atoms with Crippen molar-refractivity contribution in [3.05, 3.63) is 0 Å². The van der Waals surface area contributed by atoms with E-state index in [2.05, 4.69) is 37.7 Å². The molecule has 3 nitrogen and oxygen atoms in total. The fourth-order valence-corrected chi connectivity index (χ4v) is 2.67. The van der Waals surface area contributed by atoms with Crippen LogP contribution in [0.1, 0.15) is 33.1 Å². The molecule has 2 unspecified atom stereocenters. The molecule has 0 saturated carbocycles. The summed E-state index contributed by atoms with van der Waals surface area (Å²) in [6.07, 6.45) is 3.89. The second-order valence-electron chi connectivity index (χ2n) is 5.77. The van der Waals surface area contributed by atoms with E-state index in [1.807, 2.05) is 0 Å². The highest BCUT2D eigenvalue weighted by Crippen LogP contribution is 2.19. The number of rotatable bonds is 5. The van der Waals surface area contributed by atoms with Crippen molar-refractivity contribution < 1.29 is 0 Å². The van der Waals surface area contributed by atoms with Crippen LogP contribution in [0.25, 0.3) is 0 Å². The van der Waals surface area contributed by atoms with Gasteiger partial charge in [0.2, 0.25) is 0 Å². The zero-order chi connectivity index (χ0) is 12.1. The highest BCUT2D eigenvalue weighted by Gasteiger charge is 2.26. The van der Waals surface area contributed by atoms with Crippen LogP contribution in [0, 0.1) is 5.92 Å². The molecule has 0 spiro atoms. The standard InChI is InChI=1S/C13H29N3/c1-11(2)8-13(9-14)16-7-5-6-12(10-16)15(3)4/h11-13H,5-10,14H2,1-4H3. The molecule has 1 heterocycles. The molecule has 0 amide bonds. The summed E-state index contributed by atoms with van der Waals surface area (Å²) < 4.78 is 0. The van der Waals surface area contributed by atoms with Gasteiger partial charge in [-0.25, -0.2) is 0 Å². The summed E-state index contributed by atoms with van der Waals surface area (Å²) in [7, 11) is 4.38. The van der Waals surface area contributed by atoms with E-state index < -0.39 is 0 Å². The summed E-state index contributed by atoms with van der Waals surface area (Å²) in [6, 6.07) is 1.30. The molecule has 0 aromatic rings. The fraction of sp³-hybridized carbons (Fsp3) is 1.00. The van der Waals surface area contributed by atoms with Gasteiger partial charge in [-0.2, -0.15) is 0 Å². The molecule has 1 aliphatic heterocycles. The third-order valence-corrected chi connectivity index (χ3v) is 3.69. The van der Waals surface area contributed by atoms with Crippen LogP contribution >= 0.6 is 0 Å². The minimum Gasteiger partial charge on any atom is -0.329 e. The van der Waals surface area contributed by atoms with E-state index in [-0.39, 0.29) is 0 Å². The first-order chi connectivity index (χ1) is 7.54. The number of hydrogen-bond donors (Lipinski definition) is 1. The molecule has 0 radical (unpaired) electrons. The second-order valence-corrected chi connectivity index (χ2v) is 5.77. The first kappa shape index (κ1) is 13.9. The summed E-state index contributed by atoms with van der Waals surface area (Å²) >= 11 is 0. The molecule has 1 aliphatic rings. The Kier molecular flexibility index (Phi) is 5.73. The van der Waals surface area contributed by atoms with Crippen molar-refractivity contribution in [2.75, 3.05) is 33.7 Å². The van der Waals surface area contributed by atoms with E-state index in [0.29, 0.717) is 6.04 Å². The average Bonchev–Trinajstić information content (AvgIpc) is 2.25. The van der Waals surface area contributed by atoms with Gasteiger partial charge >= 0.3 is 0 Å². The summed E-state index contributed by atoms with van der Waals surface area (Å²) in [5.41, 5.74) is 5.92. The molecule has 0 aliphatic carbocycles. The fourth-order valence-electron chi connectivity index (χ4n) is 2.67. The molecule has 1 fully saturated rings. The Hall–Kier alpha value is -0.120. The van der Waals surface area contributed by atoms with Gasteiger partial charge in [0.05, 0.1) is 0 Å². The van der Waals surface area contributed by atoms with Crippen molar-refractivity contribution in [2.45, 2.75) is 45.2 Å². The minimum absolute atomic E-state index is 0.586. The number of nitrogens with two attached hydrogens (primary N) is 1. The van der Waals surface area contributed by atoms with Gasteiger partial charge in [0.1, 0.15) is 0 Å². The molecule has 1 saturated heterocycles. The lowest BCUT2D eigenvalue weighted by Crippen LogP contribution is -2.51. The molecule has 16 heavy (non-hydrogen) atoms. The van der Waals surface area contributed by atoms with Gasteiger partial charge in [-0.1, -0.05) is 13.8 Å². The minimum atomic E-state index is 0.586. The molecule has 3 heteroatoms. The topological polar surface area (TPSA) is 32.5 Å². The van der Waals surface area contributed by atoms with Crippen molar-refractivity contribution in [1.29, 1.82) is 0 Å². The zero-order valence-corrected chi connectivity index (χ0v) is 11.4. The Bertz CT molecular complexity index is 192. The molecule has 96 valence electrons. The molecule has 2 N–H and O–H groups in total. The van der Waals surface area contributed by atoms with E-state index in [1.165, 1.54) is 32.4 Å². The van der Waals surface area contributed by atoms with E-state index in [0.717, 1.165) is 18.5 Å². The van der Waals surface area contributed by atoms with Crippen molar-refractivity contribution in [3.63, 3.8) is 0 Å². The van der Waals surface area contributed by atoms with E-state index in [4.69, 9.17) is 5.73 Å². The maximum Gasteiger partial charge on any atom is 0.0221 e. The van der Waals surface area contributed by atoms with Gasteiger partial charge < -0.3 is 10.6 Å². The molecular weight excluding hydrogens is 198 g/mol. The number of hydrogen-bond acceptors (Lipinski definition) is 3. The number of likely N-dealkylation sites (N-methyl/N-ethyl adjacent to an activating group) is 1. The lowest BCUT2D eigenvalue weighted by atomic mass is 9.98. The van der Waals surface area contributed by atoms with Crippen molar-refractivity contribution in [3.8, 4) is 0 Å². The van der Waals surface area contributed by atoms with Gasteiger partial charge in [0.15, 0.2) is 0 Å². The lowest BCUT2D eigenvalue weighted by Gasteiger charge is -2.40. The van der Waals surface area contributed by atoms with Crippen LogP contribution in [-0.4, -0.2) is 55.6 Å². The monoisotopic (exact) mass is 227 g/mol. The van der Waals surface area contributed by atoms with E-state index in [1.54, 1.807) is 0 Å². The van der Waals surface area contributed by atoms with E-state index >= 15 is 0 Å². The van der Waals surface area contributed by atoms with Gasteiger partial charge in [-0.15, -0.1) is 0 Å². The predicted octanol–water partition coefficient (Wildman–Crippen LogP) is 1.39. The normalized spacial score (nSPS) is 25.3. The largest absolute Gasteiger partial charge is 0.329 e. The Morgan fingerprint density at radius 1 is 1.38 bits per heavy atom. The van der Waals surface area contributed by atoms with Crippen molar-refractivity contribution in [2.24, 2.45) is 11.7 Å². The summed E-state index contributed by atoms with van der Waals surface area (Å²) in [5.74, 6) is 0.744. The number of piperidine rings is 1. The first-order valence-electron chi connectivity index (χ1n) is 6.65. The predicted molar refractivity (Wildman–Crippen MR) is 70.6 cm³/mol. The molecule has 0 aromatic carbocycles. The van der Waals surface area contributed by atoms with Crippen LogP contribution in [0.2, 0.25) is 0 Å². The van der Waals surface area contributed by atoms with Crippen LogP contribution in [0.4, 0.5) is 0 Å². The summed E-state index contributed by atoms with van der Waals surface area (Å²) in [5, 5.41) is 0. The summed E-state index contributed by atoms with van der Waals surface area (Å²) in [4.78, 5) is 4.96. The van der Waals surface area contributed by atoms with Crippen LogP contribution in [-0.2, 0) is 0 Å². The van der Waals surface area contributed by atoms with Gasteiger partial charge in [0, 0.05) is 25.2 Å². The summed E-state index contributed by atoms with van der Waals surface area (Å²) in [6.45, 7) is 7.81. The van der Waals surface area contributed by atoms with E-state index in [9.17, 15) is 0 Å². The number of likely N-dealkylation sites (tertiary alicyclic amines) is 1. The van der Waals surface area contributed by atoms with Crippen LogP contribution in [0.3, 0.4) is 0 Å². The lowest BCUT2D eigenvalue weighted by molar-refractivity contribution is 0.0894. The SMILES string of the molecule is CC(C)CC(CN)N1CCCC(N(C)C)C1. The molecule has 0 bridgehead atoms. The maximum atomic E-state index is 5.92. The highest BCUT2D eigenvalue weighted by atomic mass is 15.2. The zero-order valence-electron chi connectivity index (χ0n) is 11.4. The molecule has 1 rings (SSSR count). The van der Waals surface area contributed by atoms with Crippen LogP contribution in [0.15, 0.2) is 0 Å². The Balaban J connectivity index is 2.50. The van der Waals surface area contributed by atoms with Crippen LogP contribution < -0.4 is 5.73 Å². The Morgan fingerprint density at radius 2 is 2.06 bits per heavy atom. The quantitative estimate of drug-likeness (QED) is 0.770.